The second kappa shape index (κ2) is 6.21. The molecule has 0 aliphatic heterocycles. The van der Waals surface area contributed by atoms with Gasteiger partial charge in [0.2, 0.25) is 0 Å². The summed E-state index contributed by atoms with van der Waals surface area (Å²) in [7, 11) is 0. The van der Waals surface area contributed by atoms with E-state index in [1.54, 1.807) is 0 Å². The van der Waals surface area contributed by atoms with Crippen molar-refractivity contribution >= 4 is 0 Å². The maximum Gasteiger partial charge on any atom is 0.00898 e. The minimum atomic E-state index is 0.473. The zero-order chi connectivity index (χ0) is 11.9. The van der Waals surface area contributed by atoms with Crippen LogP contribution in [-0.2, 0) is 0 Å². The summed E-state index contributed by atoms with van der Waals surface area (Å²) in [6.07, 6.45) is 2.18. The molecule has 17 heavy (non-hydrogen) atoms. The number of rotatable bonds is 5. The molecule has 0 aromatic heterocycles. The van der Waals surface area contributed by atoms with E-state index in [1.165, 1.54) is 11.1 Å². The van der Waals surface area contributed by atoms with Gasteiger partial charge in [0.05, 0.1) is 0 Å². The van der Waals surface area contributed by atoms with Gasteiger partial charge in [-0.15, -0.1) is 0 Å². The van der Waals surface area contributed by atoms with Crippen LogP contribution in [0.15, 0.2) is 60.7 Å². The quantitative estimate of drug-likeness (QED) is 0.827. The molecule has 2 rings (SSSR count). The highest BCUT2D eigenvalue weighted by atomic mass is 14.5. The van der Waals surface area contributed by atoms with Gasteiger partial charge in [0.15, 0.2) is 0 Å². The van der Waals surface area contributed by atoms with Gasteiger partial charge in [0.1, 0.15) is 0 Å². The lowest BCUT2D eigenvalue weighted by molar-refractivity contribution is 0.669. The molecular formula is C16H19N. The second-order valence-electron chi connectivity index (χ2n) is 4.30. The highest BCUT2D eigenvalue weighted by Gasteiger charge is 2.12. The maximum absolute atomic E-state index is 5.63. The van der Waals surface area contributed by atoms with Crippen molar-refractivity contribution in [3.05, 3.63) is 71.8 Å². The van der Waals surface area contributed by atoms with Gasteiger partial charge in [0.25, 0.3) is 0 Å². The number of hydrogen-bond acceptors (Lipinski definition) is 1. The SMILES string of the molecule is NCCCC(c1ccccc1)c1ccccc1. The van der Waals surface area contributed by atoms with Crippen LogP contribution in [0.2, 0.25) is 0 Å². The van der Waals surface area contributed by atoms with Gasteiger partial charge in [-0.3, -0.25) is 0 Å². The highest BCUT2D eigenvalue weighted by molar-refractivity contribution is 5.32. The molecule has 88 valence electrons. The Kier molecular flexibility index (Phi) is 4.34. The second-order valence-corrected chi connectivity index (χ2v) is 4.30. The average Bonchev–Trinajstić information content (AvgIpc) is 2.42. The van der Waals surface area contributed by atoms with Gasteiger partial charge in [-0.25, -0.2) is 0 Å². The summed E-state index contributed by atoms with van der Waals surface area (Å²) >= 11 is 0. The largest absolute Gasteiger partial charge is 0.330 e. The molecular weight excluding hydrogens is 206 g/mol. The van der Waals surface area contributed by atoms with E-state index in [9.17, 15) is 0 Å². The third-order valence-electron chi connectivity index (χ3n) is 3.10. The van der Waals surface area contributed by atoms with Crippen LogP contribution in [-0.4, -0.2) is 6.54 Å². The third-order valence-corrected chi connectivity index (χ3v) is 3.10. The van der Waals surface area contributed by atoms with Gasteiger partial charge in [-0.1, -0.05) is 60.7 Å². The Hall–Kier alpha value is -1.60. The summed E-state index contributed by atoms with van der Waals surface area (Å²) in [5, 5.41) is 0. The topological polar surface area (TPSA) is 26.0 Å². The monoisotopic (exact) mass is 225 g/mol. The normalized spacial score (nSPS) is 10.7. The van der Waals surface area contributed by atoms with Crippen LogP contribution in [0.1, 0.15) is 29.9 Å². The van der Waals surface area contributed by atoms with Crippen molar-refractivity contribution in [3.8, 4) is 0 Å². The third kappa shape index (κ3) is 3.18. The van der Waals surface area contributed by atoms with E-state index in [0.29, 0.717) is 5.92 Å². The van der Waals surface area contributed by atoms with Crippen LogP contribution in [0.4, 0.5) is 0 Å². The Balaban J connectivity index is 2.26. The Morgan fingerprint density at radius 2 is 1.24 bits per heavy atom. The van der Waals surface area contributed by atoms with Gasteiger partial charge >= 0.3 is 0 Å². The zero-order valence-electron chi connectivity index (χ0n) is 10.0. The fourth-order valence-corrected chi connectivity index (χ4v) is 2.22. The fourth-order valence-electron chi connectivity index (χ4n) is 2.22. The van der Waals surface area contributed by atoms with E-state index >= 15 is 0 Å². The molecule has 0 amide bonds. The van der Waals surface area contributed by atoms with Crippen molar-refractivity contribution < 1.29 is 0 Å². The summed E-state index contributed by atoms with van der Waals surface area (Å²) in [6, 6.07) is 21.4. The highest BCUT2D eigenvalue weighted by Crippen LogP contribution is 2.28. The average molecular weight is 225 g/mol. The van der Waals surface area contributed by atoms with E-state index in [4.69, 9.17) is 5.73 Å². The fraction of sp³-hybridized carbons (Fsp3) is 0.250. The Morgan fingerprint density at radius 1 is 0.765 bits per heavy atom. The molecule has 0 aliphatic rings. The zero-order valence-corrected chi connectivity index (χ0v) is 10.0. The molecule has 0 unspecified atom stereocenters. The Labute approximate surface area is 103 Å². The molecule has 0 atom stereocenters. The summed E-state index contributed by atoms with van der Waals surface area (Å²) in [5.74, 6) is 0.473. The Morgan fingerprint density at radius 3 is 1.65 bits per heavy atom. The summed E-state index contributed by atoms with van der Waals surface area (Å²) in [5.41, 5.74) is 8.40. The molecule has 0 aliphatic carbocycles. The number of hydrogen-bond donors (Lipinski definition) is 1. The molecule has 2 N–H and O–H groups in total. The molecule has 0 fully saturated rings. The first-order valence-electron chi connectivity index (χ1n) is 6.22. The van der Waals surface area contributed by atoms with Crippen LogP contribution in [0.25, 0.3) is 0 Å². The van der Waals surface area contributed by atoms with Crippen molar-refractivity contribution in [1.29, 1.82) is 0 Å². The Bertz CT molecular complexity index is 382. The van der Waals surface area contributed by atoms with Crippen LogP contribution < -0.4 is 5.73 Å². The van der Waals surface area contributed by atoms with Crippen molar-refractivity contribution in [3.63, 3.8) is 0 Å². The molecule has 0 heterocycles. The number of benzene rings is 2. The van der Waals surface area contributed by atoms with E-state index in [0.717, 1.165) is 19.4 Å². The predicted octanol–water partition coefficient (Wildman–Crippen LogP) is 3.56. The summed E-state index contributed by atoms with van der Waals surface area (Å²) in [6.45, 7) is 0.760. The summed E-state index contributed by atoms with van der Waals surface area (Å²) < 4.78 is 0. The van der Waals surface area contributed by atoms with Crippen molar-refractivity contribution in [1.82, 2.24) is 0 Å². The van der Waals surface area contributed by atoms with Gasteiger partial charge < -0.3 is 5.73 Å². The van der Waals surface area contributed by atoms with E-state index < -0.39 is 0 Å². The molecule has 0 saturated heterocycles. The molecule has 0 spiro atoms. The van der Waals surface area contributed by atoms with Crippen LogP contribution in [0.3, 0.4) is 0 Å². The molecule has 0 bridgehead atoms. The maximum atomic E-state index is 5.63. The lowest BCUT2D eigenvalue weighted by Gasteiger charge is -2.17. The van der Waals surface area contributed by atoms with E-state index in [-0.39, 0.29) is 0 Å². The summed E-state index contributed by atoms with van der Waals surface area (Å²) in [4.78, 5) is 0. The van der Waals surface area contributed by atoms with E-state index in [2.05, 4.69) is 60.7 Å². The standard InChI is InChI=1S/C16H19N/c17-13-7-12-16(14-8-3-1-4-9-14)15-10-5-2-6-11-15/h1-6,8-11,16H,7,12-13,17H2. The molecule has 2 aromatic rings. The van der Waals surface area contributed by atoms with Gasteiger partial charge in [-0.2, -0.15) is 0 Å². The van der Waals surface area contributed by atoms with Gasteiger partial charge in [-0.05, 0) is 30.5 Å². The van der Waals surface area contributed by atoms with Crippen LogP contribution in [0.5, 0.6) is 0 Å². The molecule has 0 radical (unpaired) electrons. The first-order valence-corrected chi connectivity index (χ1v) is 6.22. The predicted molar refractivity (Wildman–Crippen MR) is 73.0 cm³/mol. The minimum absolute atomic E-state index is 0.473. The molecule has 1 heteroatoms. The van der Waals surface area contributed by atoms with Crippen molar-refractivity contribution in [2.24, 2.45) is 5.73 Å². The molecule has 1 nitrogen and oxygen atoms in total. The first-order chi connectivity index (χ1) is 8.42. The number of nitrogens with two attached hydrogens (primary N) is 1. The van der Waals surface area contributed by atoms with Crippen LogP contribution >= 0.6 is 0 Å². The van der Waals surface area contributed by atoms with Crippen molar-refractivity contribution in [2.75, 3.05) is 6.54 Å². The molecule has 0 saturated carbocycles. The van der Waals surface area contributed by atoms with Crippen molar-refractivity contribution in [2.45, 2.75) is 18.8 Å². The van der Waals surface area contributed by atoms with Crippen LogP contribution in [0, 0.1) is 0 Å². The first kappa shape index (κ1) is 11.9. The molecule has 2 aromatic carbocycles. The van der Waals surface area contributed by atoms with Gasteiger partial charge in [0, 0.05) is 5.92 Å². The minimum Gasteiger partial charge on any atom is -0.330 e. The smallest absolute Gasteiger partial charge is 0.00898 e. The lowest BCUT2D eigenvalue weighted by atomic mass is 9.87. The van der Waals surface area contributed by atoms with E-state index in [1.807, 2.05) is 0 Å². The lowest BCUT2D eigenvalue weighted by Crippen LogP contribution is -2.05.